The van der Waals surface area contributed by atoms with Crippen LogP contribution in [0.2, 0.25) is 5.28 Å². The standard InChI is InChI=1S/C22H30ClN7O3.C19H27N7OS.C4H10S/c1-6-30(15-9-10-29(12-15)21(32)33-22(3,4)5)20-27-18(23)26-19(28-20)25-16-11-14(17(24)31)8-7-13(16)2;1-11(2)10-28-19-25-17(22-14-6-7-21-9-14)24-18(26-19)23-15-8-13(16(20)27)5-4-12(15)3;1-4(2)3-5/h7-8,11,15H,6,9-10,12H2,1-5H3,(H2,24,31)(H,25,26,27,28);4-5,8,11,14,21H,6-7,9-10H2,1-3H3,(H2,20,27)(H2,22,23,24,25,26);4-5H,3H2,1-2H3/t15-;;/m1../s1. The zero-order valence-electron chi connectivity index (χ0n) is 39.7. The maximum Gasteiger partial charge on any atom is 0.410 e. The number of aromatic nitrogens is 6. The van der Waals surface area contributed by atoms with Gasteiger partial charge in [0.15, 0.2) is 5.16 Å². The summed E-state index contributed by atoms with van der Waals surface area (Å²) in [6, 6.07) is 10.7. The maximum absolute atomic E-state index is 12.5. The van der Waals surface area contributed by atoms with E-state index in [9.17, 15) is 14.4 Å². The van der Waals surface area contributed by atoms with Gasteiger partial charge in [-0.05, 0) is 126 Å². The van der Waals surface area contributed by atoms with Crippen molar-refractivity contribution >= 4 is 89.1 Å². The van der Waals surface area contributed by atoms with Crippen LogP contribution >= 0.6 is 36.0 Å². The summed E-state index contributed by atoms with van der Waals surface area (Å²) >= 11 is 11.8. The summed E-state index contributed by atoms with van der Waals surface area (Å²) in [6.45, 7) is 23.6. The monoisotopic (exact) mass is 966 g/mol. The van der Waals surface area contributed by atoms with Crippen LogP contribution in [0, 0.1) is 25.7 Å². The number of anilines is 6. The molecular weight excluding hydrogens is 900 g/mol. The Bertz CT molecular complexity index is 2260. The predicted octanol–water partition coefficient (Wildman–Crippen LogP) is 7.63. The number of nitrogens with one attached hydrogen (secondary N) is 4. The summed E-state index contributed by atoms with van der Waals surface area (Å²) in [6.07, 6.45) is 1.45. The number of benzene rings is 2. The number of likely N-dealkylation sites (tertiary alicyclic amines) is 1. The van der Waals surface area contributed by atoms with Crippen molar-refractivity contribution in [2.24, 2.45) is 23.3 Å². The third-order valence-corrected chi connectivity index (χ3v) is 12.1. The SMILES string of the molecule is CC(C)CS.CCN(c1nc(Cl)nc(Nc2cc(C(N)=O)ccc2C)n1)[C@@H]1CCN(C(=O)OC(C)(C)C)C1.Cc1ccc(C(N)=O)cc1Nc1nc(NC2CCNC2)nc(SCC(C)C)n1. The molecule has 1 unspecified atom stereocenters. The van der Waals surface area contributed by atoms with E-state index < -0.39 is 17.4 Å². The Hall–Kier alpha value is -5.18. The number of nitrogens with two attached hydrogens (primary N) is 2. The number of nitrogens with zero attached hydrogens (tertiary/aromatic N) is 8. The van der Waals surface area contributed by atoms with Gasteiger partial charge in [0.25, 0.3) is 0 Å². The first-order chi connectivity index (χ1) is 31.1. The van der Waals surface area contributed by atoms with E-state index in [-0.39, 0.29) is 23.4 Å². The number of rotatable bonds is 15. The van der Waals surface area contributed by atoms with Gasteiger partial charge < -0.3 is 47.3 Å². The average molecular weight is 968 g/mol. The van der Waals surface area contributed by atoms with Gasteiger partial charge in [-0.1, -0.05) is 51.6 Å². The number of carbonyl (C=O) groups is 3. The number of thioether (sulfide) groups is 1. The van der Waals surface area contributed by atoms with Crippen molar-refractivity contribution in [1.82, 2.24) is 40.1 Å². The lowest BCUT2D eigenvalue weighted by molar-refractivity contribution is 0.0292. The molecule has 6 rings (SSSR count). The van der Waals surface area contributed by atoms with E-state index in [1.165, 1.54) is 0 Å². The summed E-state index contributed by atoms with van der Waals surface area (Å²) in [7, 11) is 0. The second-order valence-corrected chi connectivity index (χ2v) is 19.5. The highest BCUT2D eigenvalue weighted by atomic mass is 35.5. The van der Waals surface area contributed by atoms with Gasteiger partial charge in [-0.2, -0.15) is 42.5 Å². The highest BCUT2D eigenvalue weighted by molar-refractivity contribution is 7.99. The van der Waals surface area contributed by atoms with Gasteiger partial charge in [-0.15, -0.1) is 0 Å². The number of aryl methyl sites for hydroxylation is 2. The molecule has 0 saturated carbocycles. The fourth-order valence-electron chi connectivity index (χ4n) is 6.38. The zero-order chi connectivity index (χ0) is 48.7. The van der Waals surface area contributed by atoms with E-state index in [4.69, 9.17) is 27.8 Å². The zero-order valence-corrected chi connectivity index (χ0v) is 42.2. The molecule has 0 aliphatic carbocycles. The van der Waals surface area contributed by atoms with Gasteiger partial charge >= 0.3 is 6.09 Å². The normalized spacial score (nSPS) is 15.6. The van der Waals surface area contributed by atoms with Crippen LogP contribution in [-0.2, 0) is 4.74 Å². The molecule has 4 heterocycles. The Morgan fingerprint density at radius 1 is 0.894 bits per heavy atom. The highest BCUT2D eigenvalue weighted by Crippen LogP contribution is 2.27. The Morgan fingerprint density at radius 2 is 1.47 bits per heavy atom. The summed E-state index contributed by atoms with van der Waals surface area (Å²) in [4.78, 5) is 65.9. The van der Waals surface area contributed by atoms with Crippen LogP contribution in [0.15, 0.2) is 41.6 Å². The van der Waals surface area contributed by atoms with Gasteiger partial charge in [0.1, 0.15) is 5.60 Å². The predicted molar refractivity (Wildman–Crippen MR) is 269 cm³/mol. The van der Waals surface area contributed by atoms with Crippen LogP contribution in [0.3, 0.4) is 0 Å². The molecule has 18 nitrogen and oxygen atoms in total. The Kier molecular flexibility index (Phi) is 20.3. The molecule has 2 aromatic heterocycles. The number of amides is 3. The molecule has 2 aliphatic rings. The fraction of sp³-hybridized carbons (Fsp3) is 0.533. The minimum absolute atomic E-state index is 0.00811. The fourth-order valence-corrected chi connectivity index (χ4v) is 7.32. The van der Waals surface area contributed by atoms with Crippen molar-refractivity contribution in [1.29, 1.82) is 0 Å². The van der Waals surface area contributed by atoms with Crippen molar-refractivity contribution in [3.8, 4) is 0 Å². The van der Waals surface area contributed by atoms with E-state index >= 15 is 0 Å². The van der Waals surface area contributed by atoms with E-state index in [0.29, 0.717) is 71.4 Å². The van der Waals surface area contributed by atoms with E-state index in [1.807, 2.05) is 52.5 Å². The van der Waals surface area contributed by atoms with E-state index in [2.05, 4.69) is 91.5 Å². The molecule has 0 bridgehead atoms. The third-order valence-electron chi connectivity index (χ3n) is 9.91. The molecule has 2 saturated heterocycles. The lowest BCUT2D eigenvalue weighted by Gasteiger charge is -2.29. The number of hydrogen-bond donors (Lipinski definition) is 7. The first-order valence-electron chi connectivity index (χ1n) is 22.1. The molecule has 2 aliphatic heterocycles. The van der Waals surface area contributed by atoms with Crippen LogP contribution in [0.4, 0.5) is 40.0 Å². The number of thiol groups is 1. The Labute approximate surface area is 403 Å². The molecule has 2 aromatic carbocycles. The van der Waals surface area contributed by atoms with Crippen molar-refractivity contribution < 1.29 is 19.1 Å². The smallest absolute Gasteiger partial charge is 0.410 e. The molecular formula is C45H67ClN14O4S2. The van der Waals surface area contributed by atoms with Crippen molar-refractivity contribution in [3.05, 3.63) is 63.9 Å². The van der Waals surface area contributed by atoms with Crippen LogP contribution in [-0.4, -0.2) is 115 Å². The number of likely N-dealkylation sites (N-methyl/N-ethyl adjacent to an activating group) is 1. The molecule has 66 heavy (non-hydrogen) atoms. The second kappa shape index (κ2) is 25.1. The number of primary amides is 2. The van der Waals surface area contributed by atoms with Crippen LogP contribution < -0.4 is 37.6 Å². The van der Waals surface area contributed by atoms with Gasteiger partial charge in [-0.3, -0.25) is 9.59 Å². The molecule has 360 valence electrons. The quantitative estimate of drug-likeness (QED) is 0.0447. The Balaban J connectivity index is 0.000000264. The van der Waals surface area contributed by atoms with Crippen LogP contribution in [0.1, 0.15) is 100 Å². The topological polar surface area (TPSA) is 244 Å². The third kappa shape index (κ3) is 17.2. The lowest BCUT2D eigenvalue weighted by atomic mass is 10.1. The molecule has 21 heteroatoms. The molecule has 4 aromatic rings. The van der Waals surface area contributed by atoms with Crippen LogP contribution in [0.25, 0.3) is 0 Å². The molecule has 3 amide bonds. The van der Waals surface area contributed by atoms with Gasteiger partial charge in [-0.25, -0.2) is 4.79 Å². The minimum Gasteiger partial charge on any atom is -0.444 e. The first kappa shape index (κ1) is 53.4. The largest absolute Gasteiger partial charge is 0.444 e. The lowest BCUT2D eigenvalue weighted by Crippen LogP contribution is -2.41. The average Bonchev–Trinajstić information content (AvgIpc) is 3.95. The summed E-state index contributed by atoms with van der Waals surface area (Å²) in [5.41, 5.74) is 14.3. The van der Waals surface area contributed by atoms with Gasteiger partial charge in [0.05, 0.1) is 6.04 Å². The van der Waals surface area contributed by atoms with Crippen LogP contribution in [0.5, 0.6) is 0 Å². The summed E-state index contributed by atoms with van der Waals surface area (Å²) < 4.78 is 5.49. The highest BCUT2D eigenvalue weighted by Gasteiger charge is 2.34. The van der Waals surface area contributed by atoms with Crippen molar-refractivity contribution in [3.63, 3.8) is 0 Å². The van der Waals surface area contributed by atoms with Gasteiger partial charge in [0, 0.05) is 60.5 Å². The maximum atomic E-state index is 12.5. The molecule has 8 N–H and O–H groups in total. The number of hydrogen-bond acceptors (Lipinski definition) is 17. The van der Waals surface area contributed by atoms with E-state index in [1.54, 1.807) is 47.0 Å². The number of ether oxygens (including phenoxy) is 1. The van der Waals surface area contributed by atoms with Crippen molar-refractivity contribution in [2.45, 2.75) is 105 Å². The first-order valence-corrected chi connectivity index (χ1v) is 24.1. The number of halogens is 1. The summed E-state index contributed by atoms with van der Waals surface area (Å²) in [5.74, 6) is 3.85. The second-order valence-electron chi connectivity index (χ2n) is 17.8. The van der Waals surface area contributed by atoms with E-state index in [0.717, 1.165) is 60.2 Å². The molecule has 0 spiro atoms. The minimum atomic E-state index is -0.550. The Morgan fingerprint density at radius 3 is 1.97 bits per heavy atom. The van der Waals surface area contributed by atoms with Gasteiger partial charge in [0.2, 0.25) is 40.9 Å². The molecule has 2 fully saturated rings. The van der Waals surface area contributed by atoms with Crippen molar-refractivity contribution in [2.75, 3.05) is 65.1 Å². The number of carbonyl (C=O) groups excluding carboxylic acids is 3. The molecule has 2 atom stereocenters. The molecule has 0 radical (unpaired) electrons. The summed E-state index contributed by atoms with van der Waals surface area (Å²) in [5, 5.41) is 13.7.